The predicted molar refractivity (Wildman–Crippen MR) is 75.8 cm³/mol. The van der Waals surface area contributed by atoms with Crippen molar-refractivity contribution in [3.05, 3.63) is 53.6 Å². The highest BCUT2D eigenvalue weighted by atomic mass is 16.5. The lowest BCUT2D eigenvalue weighted by Gasteiger charge is -2.13. The molecule has 0 amide bonds. The van der Waals surface area contributed by atoms with Crippen LogP contribution in [0.15, 0.2) is 42.5 Å². The highest BCUT2D eigenvalue weighted by Crippen LogP contribution is 2.34. The van der Waals surface area contributed by atoms with Crippen LogP contribution in [0.2, 0.25) is 0 Å². The Labute approximate surface area is 113 Å². The minimum absolute atomic E-state index is 0.299. The Kier molecular flexibility index (Phi) is 3.03. The largest absolute Gasteiger partial charge is 0.493 e. The minimum atomic E-state index is 0.299. The number of para-hydroxylation sites is 1. The molecule has 0 bridgehead atoms. The van der Waals surface area contributed by atoms with Crippen molar-refractivity contribution in [1.82, 2.24) is 0 Å². The zero-order valence-corrected chi connectivity index (χ0v) is 10.9. The van der Waals surface area contributed by atoms with Crippen LogP contribution in [0.3, 0.4) is 0 Å². The molecule has 1 atom stereocenters. The molecule has 1 unspecified atom stereocenters. The van der Waals surface area contributed by atoms with Gasteiger partial charge in [-0.15, -0.1) is 0 Å². The van der Waals surface area contributed by atoms with E-state index in [2.05, 4.69) is 6.07 Å². The van der Waals surface area contributed by atoms with E-state index in [9.17, 15) is 0 Å². The number of hydrogen-bond donors (Lipinski definition) is 1. The molecular weight excluding hydrogens is 238 g/mol. The first-order valence-electron chi connectivity index (χ1n) is 6.44. The maximum absolute atomic E-state index is 5.90. The fourth-order valence-electron chi connectivity index (χ4n) is 2.39. The Bertz CT molecular complexity index is 595. The maximum atomic E-state index is 5.90. The normalized spacial score (nSPS) is 16.8. The quantitative estimate of drug-likeness (QED) is 0.857. The van der Waals surface area contributed by atoms with Crippen molar-refractivity contribution in [2.75, 3.05) is 18.9 Å². The third-order valence-corrected chi connectivity index (χ3v) is 3.44. The number of aryl methyl sites for hydroxylation is 1. The molecule has 0 radical (unpaired) electrons. The summed E-state index contributed by atoms with van der Waals surface area (Å²) in [5.74, 6) is 2.16. The summed E-state index contributed by atoms with van der Waals surface area (Å²) in [5.41, 5.74) is 8.79. The molecule has 0 aliphatic carbocycles. The number of nitrogens with two attached hydrogens (primary N) is 1. The molecular formula is C16H17NO2. The summed E-state index contributed by atoms with van der Waals surface area (Å²) in [6.07, 6.45) is 0. The predicted octanol–water partition coefficient (Wildman–Crippen LogP) is 3.13. The van der Waals surface area contributed by atoms with Crippen molar-refractivity contribution in [2.45, 2.75) is 12.8 Å². The first-order valence-corrected chi connectivity index (χ1v) is 6.44. The summed E-state index contributed by atoms with van der Waals surface area (Å²) in [6.45, 7) is 3.32. The second-order valence-corrected chi connectivity index (χ2v) is 4.88. The summed E-state index contributed by atoms with van der Waals surface area (Å²) >= 11 is 0. The van der Waals surface area contributed by atoms with E-state index in [1.807, 2.05) is 43.3 Å². The van der Waals surface area contributed by atoms with E-state index in [-0.39, 0.29) is 0 Å². The van der Waals surface area contributed by atoms with Gasteiger partial charge in [-0.1, -0.05) is 18.2 Å². The first kappa shape index (κ1) is 11.9. The van der Waals surface area contributed by atoms with E-state index < -0.39 is 0 Å². The van der Waals surface area contributed by atoms with Crippen molar-refractivity contribution < 1.29 is 9.47 Å². The van der Waals surface area contributed by atoms with Crippen molar-refractivity contribution in [3.63, 3.8) is 0 Å². The zero-order chi connectivity index (χ0) is 13.2. The monoisotopic (exact) mass is 255 g/mol. The number of nitrogen functional groups attached to an aromatic ring is 1. The fourth-order valence-corrected chi connectivity index (χ4v) is 2.39. The second-order valence-electron chi connectivity index (χ2n) is 4.88. The van der Waals surface area contributed by atoms with Crippen molar-refractivity contribution in [1.29, 1.82) is 0 Å². The molecule has 3 nitrogen and oxygen atoms in total. The van der Waals surface area contributed by atoms with Gasteiger partial charge < -0.3 is 15.2 Å². The van der Waals surface area contributed by atoms with Crippen molar-refractivity contribution in [2.24, 2.45) is 0 Å². The van der Waals surface area contributed by atoms with Gasteiger partial charge in [0.25, 0.3) is 0 Å². The summed E-state index contributed by atoms with van der Waals surface area (Å²) < 4.78 is 11.5. The van der Waals surface area contributed by atoms with Gasteiger partial charge in [0.05, 0.1) is 19.1 Å². The van der Waals surface area contributed by atoms with Gasteiger partial charge in [0, 0.05) is 11.3 Å². The number of ether oxygens (including phenoxy) is 2. The lowest BCUT2D eigenvalue weighted by molar-refractivity contribution is 0.247. The average Bonchev–Trinajstić information content (AvgIpc) is 2.81. The highest BCUT2D eigenvalue weighted by Gasteiger charge is 2.24. The van der Waals surface area contributed by atoms with E-state index in [0.29, 0.717) is 19.1 Å². The van der Waals surface area contributed by atoms with Crippen LogP contribution in [0.5, 0.6) is 11.5 Å². The van der Waals surface area contributed by atoms with Crippen LogP contribution >= 0.6 is 0 Å². The Balaban J connectivity index is 1.71. The Morgan fingerprint density at radius 3 is 2.95 bits per heavy atom. The van der Waals surface area contributed by atoms with Crippen LogP contribution in [0.25, 0.3) is 0 Å². The summed E-state index contributed by atoms with van der Waals surface area (Å²) in [4.78, 5) is 0. The lowest BCUT2D eigenvalue weighted by atomic mass is 10.0. The zero-order valence-electron chi connectivity index (χ0n) is 10.9. The van der Waals surface area contributed by atoms with Crippen LogP contribution in [0.1, 0.15) is 17.0 Å². The molecule has 19 heavy (non-hydrogen) atoms. The fraction of sp³-hybridized carbons (Fsp3) is 0.250. The molecule has 3 rings (SSSR count). The molecule has 2 aromatic rings. The van der Waals surface area contributed by atoms with E-state index in [0.717, 1.165) is 22.7 Å². The van der Waals surface area contributed by atoms with Gasteiger partial charge in [0.2, 0.25) is 0 Å². The minimum Gasteiger partial charge on any atom is -0.493 e. The average molecular weight is 255 g/mol. The highest BCUT2D eigenvalue weighted by molar-refractivity contribution is 5.47. The number of fused-ring (bicyclic) bond motifs is 1. The molecule has 0 spiro atoms. The lowest BCUT2D eigenvalue weighted by Crippen LogP contribution is -2.12. The molecule has 1 aliphatic heterocycles. The number of anilines is 1. The molecule has 1 heterocycles. The van der Waals surface area contributed by atoms with Crippen LogP contribution in [-0.4, -0.2) is 13.2 Å². The van der Waals surface area contributed by atoms with Gasteiger partial charge in [0.1, 0.15) is 11.5 Å². The molecule has 2 N–H and O–H groups in total. The van der Waals surface area contributed by atoms with E-state index in [4.69, 9.17) is 15.2 Å². The standard InChI is InChI=1S/C16H17NO2/c1-11-8-13(17)6-7-15(11)18-9-12-10-19-16-5-3-2-4-14(12)16/h2-8,12H,9-10,17H2,1H3. The van der Waals surface area contributed by atoms with Gasteiger partial charge in [0.15, 0.2) is 0 Å². The number of hydrogen-bond acceptors (Lipinski definition) is 3. The number of rotatable bonds is 3. The summed E-state index contributed by atoms with van der Waals surface area (Å²) in [6, 6.07) is 13.8. The number of benzene rings is 2. The van der Waals surface area contributed by atoms with Crippen LogP contribution < -0.4 is 15.2 Å². The Morgan fingerprint density at radius 1 is 1.26 bits per heavy atom. The smallest absolute Gasteiger partial charge is 0.123 e. The molecule has 98 valence electrons. The third-order valence-electron chi connectivity index (χ3n) is 3.44. The maximum Gasteiger partial charge on any atom is 0.123 e. The van der Waals surface area contributed by atoms with Gasteiger partial charge in [-0.05, 0) is 36.8 Å². The Hall–Kier alpha value is -2.16. The Morgan fingerprint density at radius 2 is 2.11 bits per heavy atom. The molecule has 0 saturated heterocycles. The van der Waals surface area contributed by atoms with Crippen LogP contribution in [0.4, 0.5) is 5.69 Å². The topological polar surface area (TPSA) is 44.5 Å². The molecule has 0 fully saturated rings. The van der Waals surface area contributed by atoms with Crippen LogP contribution in [0, 0.1) is 6.92 Å². The van der Waals surface area contributed by atoms with Crippen molar-refractivity contribution >= 4 is 5.69 Å². The van der Waals surface area contributed by atoms with Gasteiger partial charge in [-0.25, -0.2) is 0 Å². The van der Waals surface area contributed by atoms with Crippen LogP contribution in [-0.2, 0) is 0 Å². The SMILES string of the molecule is Cc1cc(N)ccc1OCC1COc2ccccc21. The van der Waals surface area contributed by atoms with E-state index >= 15 is 0 Å². The summed E-state index contributed by atoms with van der Waals surface area (Å²) in [7, 11) is 0. The second kappa shape index (κ2) is 4.84. The molecule has 2 aromatic carbocycles. The van der Waals surface area contributed by atoms with Gasteiger partial charge in [-0.3, -0.25) is 0 Å². The molecule has 0 saturated carbocycles. The van der Waals surface area contributed by atoms with Gasteiger partial charge >= 0.3 is 0 Å². The van der Waals surface area contributed by atoms with E-state index in [1.54, 1.807) is 0 Å². The van der Waals surface area contributed by atoms with Gasteiger partial charge in [-0.2, -0.15) is 0 Å². The molecule has 3 heteroatoms. The molecule has 1 aliphatic rings. The van der Waals surface area contributed by atoms with E-state index in [1.165, 1.54) is 5.56 Å². The van der Waals surface area contributed by atoms with Crippen molar-refractivity contribution in [3.8, 4) is 11.5 Å². The third kappa shape index (κ3) is 2.36. The first-order chi connectivity index (χ1) is 9.24. The molecule has 0 aromatic heterocycles. The summed E-state index contributed by atoms with van der Waals surface area (Å²) in [5, 5.41) is 0.